The zero-order chi connectivity index (χ0) is 14.1. The Kier molecular flexibility index (Phi) is 3.94. The van der Waals surface area contributed by atoms with E-state index < -0.39 is 0 Å². The normalized spacial score (nSPS) is 14.3. The van der Waals surface area contributed by atoms with Crippen molar-refractivity contribution in [3.05, 3.63) is 50.6 Å². The molecule has 0 aliphatic heterocycles. The maximum Gasteiger partial charge on any atom is 0.160 e. The second kappa shape index (κ2) is 5.70. The summed E-state index contributed by atoms with van der Waals surface area (Å²) in [5.74, 6) is 0.0969. The first-order valence-electron chi connectivity index (χ1n) is 6.74. The summed E-state index contributed by atoms with van der Waals surface area (Å²) >= 11 is 5.31. The van der Waals surface area contributed by atoms with E-state index in [-0.39, 0.29) is 5.78 Å². The Balaban J connectivity index is 1.88. The first-order chi connectivity index (χ1) is 9.65. The summed E-state index contributed by atoms with van der Waals surface area (Å²) in [4.78, 5) is 15.3. The van der Waals surface area contributed by atoms with E-state index in [9.17, 15) is 4.79 Å². The van der Waals surface area contributed by atoms with Gasteiger partial charge in [-0.05, 0) is 65.3 Å². The van der Waals surface area contributed by atoms with E-state index in [4.69, 9.17) is 0 Å². The Morgan fingerprint density at radius 2 is 2.20 bits per heavy atom. The van der Waals surface area contributed by atoms with Gasteiger partial charge in [-0.25, -0.2) is 0 Å². The topological polar surface area (TPSA) is 20.3 Å². The highest BCUT2D eigenvalue weighted by Gasteiger charge is 2.29. The molecule has 0 saturated heterocycles. The molecule has 1 fully saturated rings. The molecule has 1 heterocycles. The maximum atomic E-state index is 11.5. The predicted octanol–water partition coefficient (Wildman–Crippen LogP) is 4.88. The van der Waals surface area contributed by atoms with E-state index in [0.29, 0.717) is 6.04 Å². The van der Waals surface area contributed by atoms with Crippen molar-refractivity contribution in [2.24, 2.45) is 0 Å². The van der Waals surface area contributed by atoms with Crippen molar-refractivity contribution in [2.45, 2.75) is 32.4 Å². The van der Waals surface area contributed by atoms with Gasteiger partial charge in [0.15, 0.2) is 5.78 Å². The fraction of sp³-hybridized carbons (Fsp3) is 0.312. The highest BCUT2D eigenvalue weighted by Crippen LogP contribution is 2.35. The van der Waals surface area contributed by atoms with Crippen molar-refractivity contribution in [2.75, 3.05) is 4.90 Å². The lowest BCUT2D eigenvalue weighted by Gasteiger charge is -2.24. The number of benzene rings is 1. The van der Waals surface area contributed by atoms with E-state index in [1.807, 2.05) is 6.07 Å². The molecular formula is C16H16BrNOS. The molecule has 0 atom stereocenters. The summed E-state index contributed by atoms with van der Waals surface area (Å²) in [5.41, 5.74) is 1.94. The summed E-state index contributed by atoms with van der Waals surface area (Å²) in [5, 5.41) is 2.12. The molecule has 0 N–H and O–H groups in total. The van der Waals surface area contributed by atoms with Crippen molar-refractivity contribution < 1.29 is 4.79 Å². The van der Waals surface area contributed by atoms with Gasteiger partial charge in [-0.3, -0.25) is 4.79 Å². The molecule has 4 heteroatoms. The molecule has 1 saturated carbocycles. The van der Waals surface area contributed by atoms with Crippen LogP contribution in [0.15, 0.2) is 40.2 Å². The Labute approximate surface area is 131 Å². The molecular weight excluding hydrogens is 334 g/mol. The van der Waals surface area contributed by atoms with E-state index in [1.165, 1.54) is 23.4 Å². The predicted molar refractivity (Wildman–Crippen MR) is 87.7 cm³/mol. The zero-order valence-electron chi connectivity index (χ0n) is 11.3. The van der Waals surface area contributed by atoms with Crippen LogP contribution >= 0.6 is 27.3 Å². The van der Waals surface area contributed by atoms with Gasteiger partial charge in [0.1, 0.15) is 0 Å². The van der Waals surface area contributed by atoms with Crippen LogP contribution < -0.4 is 4.90 Å². The number of nitrogens with zero attached hydrogens (tertiary/aromatic N) is 1. The third-order valence-corrected chi connectivity index (χ3v) is 5.07. The van der Waals surface area contributed by atoms with Crippen LogP contribution in [0.3, 0.4) is 0 Å². The minimum Gasteiger partial charge on any atom is -0.363 e. The van der Waals surface area contributed by atoms with Crippen molar-refractivity contribution >= 4 is 38.7 Å². The first kappa shape index (κ1) is 13.8. The molecule has 2 aromatic rings. The number of hydrogen-bond donors (Lipinski definition) is 0. The van der Waals surface area contributed by atoms with Crippen LogP contribution in [0.25, 0.3) is 0 Å². The summed E-state index contributed by atoms with van der Waals surface area (Å²) < 4.78 is 0.888. The molecule has 0 radical (unpaired) electrons. The Morgan fingerprint density at radius 3 is 2.75 bits per heavy atom. The Morgan fingerprint density at radius 1 is 1.40 bits per heavy atom. The molecule has 0 unspecified atom stereocenters. The Bertz CT molecular complexity index is 619. The summed E-state index contributed by atoms with van der Waals surface area (Å²) in [6, 6.07) is 11.0. The number of thiophene rings is 1. The lowest BCUT2D eigenvalue weighted by atomic mass is 10.1. The van der Waals surface area contributed by atoms with Gasteiger partial charge in [0, 0.05) is 26.6 Å². The van der Waals surface area contributed by atoms with Gasteiger partial charge in [0.25, 0.3) is 0 Å². The molecule has 2 nitrogen and oxygen atoms in total. The number of carbonyl (C=O) groups is 1. The molecule has 20 heavy (non-hydrogen) atoms. The molecule has 1 aromatic heterocycles. The highest BCUT2D eigenvalue weighted by atomic mass is 79.9. The Hall–Kier alpha value is -1.13. The van der Waals surface area contributed by atoms with E-state index >= 15 is 0 Å². The summed E-state index contributed by atoms with van der Waals surface area (Å²) in [6.45, 7) is 2.55. The van der Waals surface area contributed by atoms with Crippen LogP contribution in [0.4, 0.5) is 5.69 Å². The molecule has 1 aliphatic carbocycles. The highest BCUT2D eigenvalue weighted by molar-refractivity contribution is 9.10. The molecule has 0 spiro atoms. The number of ketones is 1. The minimum atomic E-state index is 0.0969. The summed E-state index contributed by atoms with van der Waals surface area (Å²) in [7, 11) is 0. The van der Waals surface area contributed by atoms with E-state index in [1.54, 1.807) is 18.3 Å². The lowest BCUT2D eigenvalue weighted by molar-refractivity contribution is 0.101. The van der Waals surface area contributed by atoms with Crippen molar-refractivity contribution in [1.29, 1.82) is 0 Å². The number of anilines is 1. The fourth-order valence-electron chi connectivity index (χ4n) is 2.36. The first-order valence-corrected chi connectivity index (χ1v) is 8.42. The van der Waals surface area contributed by atoms with Crippen LogP contribution in [0.2, 0.25) is 0 Å². The van der Waals surface area contributed by atoms with Crippen molar-refractivity contribution in [3.63, 3.8) is 0 Å². The van der Waals surface area contributed by atoms with E-state index in [2.05, 4.69) is 50.5 Å². The smallest absolute Gasteiger partial charge is 0.160 e. The average molecular weight is 350 g/mol. The van der Waals surface area contributed by atoms with Crippen LogP contribution in [0.1, 0.15) is 35.0 Å². The van der Waals surface area contributed by atoms with Crippen LogP contribution in [-0.4, -0.2) is 11.8 Å². The monoisotopic (exact) mass is 349 g/mol. The van der Waals surface area contributed by atoms with Crippen molar-refractivity contribution in [1.82, 2.24) is 0 Å². The number of carbonyl (C=O) groups excluding carboxylic acids is 1. The molecule has 0 amide bonds. The number of rotatable bonds is 5. The molecule has 104 valence electrons. The fourth-order valence-corrected chi connectivity index (χ4v) is 3.70. The quantitative estimate of drug-likeness (QED) is 0.716. The van der Waals surface area contributed by atoms with Gasteiger partial charge in [0.2, 0.25) is 0 Å². The van der Waals surface area contributed by atoms with Gasteiger partial charge in [-0.2, -0.15) is 0 Å². The van der Waals surface area contributed by atoms with Gasteiger partial charge >= 0.3 is 0 Å². The largest absolute Gasteiger partial charge is 0.363 e. The van der Waals surface area contributed by atoms with Gasteiger partial charge < -0.3 is 4.90 Å². The maximum absolute atomic E-state index is 11.5. The molecule has 1 aromatic carbocycles. The SMILES string of the molecule is CC(=O)c1ccc(N(Cc2cccs2)C2CC2)cc1Br. The van der Waals surface area contributed by atoms with Crippen LogP contribution in [0, 0.1) is 0 Å². The van der Waals surface area contributed by atoms with Crippen molar-refractivity contribution in [3.8, 4) is 0 Å². The van der Waals surface area contributed by atoms with Gasteiger partial charge in [0.05, 0.1) is 6.54 Å². The van der Waals surface area contributed by atoms with Crippen LogP contribution in [0.5, 0.6) is 0 Å². The van der Waals surface area contributed by atoms with E-state index in [0.717, 1.165) is 16.6 Å². The van der Waals surface area contributed by atoms with Crippen LogP contribution in [-0.2, 0) is 6.54 Å². The molecule has 0 bridgehead atoms. The second-order valence-electron chi connectivity index (χ2n) is 5.16. The second-order valence-corrected chi connectivity index (χ2v) is 7.05. The number of hydrogen-bond acceptors (Lipinski definition) is 3. The van der Waals surface area contributed by atoms with Gasteiger partial charge in [-0.1, -0.05) is 6.07 Å². The zero-order valence-corrected chi connectivity index (χ0v) is 13.7. The number of Topliss-reactive ketones (excluding diaryl/α,β-unsaturated/α-hetero) is 1. The standard InChI is InChI=1S/C16H16BrNOS/c1-11(19)15-7-6-13(9-16(15)17)18(12-4-5-12)10-14-3-2-8-20-14/h2-3,6-9,12H,4-5,10H2,1H3. The third kappa shape index (κ3) is 2.96. The average Bonchev–Trinajstić information content (AvgIpc) is 3.12. The molecule has 1 aliphatic rings. The third-order valence-electron chi connectivity index (χ3n) is 3.56. The lowest BCUT2D eigenvalue weighted by Crippen LogP contribution is -2.24. The molecule has 3 rings (SSSR count). The number of halogens is 1. The minimum absolute atomic E-state index is 0.0969. The van der Waals surface area contributed by atoms with Gasteiger partial charge in [-0.15, -0.1) is 11.3 Å². The summed E-state index contributed by atoms with van der Waals surface area (Å²) in [6.07, 6.45) is 2.52.